The minimum absolute atomic E-state index is 0.310. The predicted molar refractivity (Wildman–Crippen MR) is 56.7 cm³/mol. The molecule has 1 nitrogen and oxygen atoms in total. The third-order valence-electron chi connectivity index (χ3n) is 2.89. The smallest absolute Gasteiger partial charge is 0.0846 e. The van der Waals surface area contributed by atoms with E-state index in [4.69, 9.17) is 4.74 Å². The van der Waals surface area contributed by atoms with Crippen LogP contribution in [0.2, 0.25) is 0 Å². The van der Waals surface area contributed by atoms with E-state index in [-0.39, 0.29) is 0 Å². The second-order valence-corrected chi connectivity index (χ2v) is 3.85. The molecular weight excluding hydrogens is 160 g/mol. The Labute approximate surface area is 81.5 Å². The number of rotatable bonds is 3. The average molecular weight is 180 g/mol. The fraction of sp³-hybridized carbons (Fsp3) is 0.667. The lowest BCUT2D eigenvalue weighted by Crippen LogP contribution is -2.26. The molecule has 1 rings (SSSR count). The van der Waals surface area contributed by atoms with Gasteiger partial charge in [-0.15, -0.1) is 0 Å². The lowest BCUT2D eigenvalue weighted by molar-refractivity contribution is 0.0950. The third kappa shape index (κ3) is 2.22. The van der Waals surface area contributed by atoms with Crippen molar-refractivity contribution < 1.29 is 4.74 Å². The summed E-state index contributed by atoms with van der Waals surface area (Å²) in [5.41, 5.74) is 2.87. The third-order valence-corrected chi connectivity index (χ3v) is 2.89. The molecule has 0 amide bonds. The quantitative estimate of drug-likeness (QED) is 0.647. The highest BCUT2D eigenvalue weighted by Crippen LogP contribution is 2.29. The second-order valence-electron chi connectivity index (χ2n) is 3.85. The Kier molecular flexibility index (Phi) is 3.73. The summed E-state index contributed by atoms with van der Waals surface area (Å²) in [5.74, 6) is 0.538. The zero-order chi connectivity index (χ0) is 9.84. The summed E-state index contributed by atoms with van der Waals surface area (Å²) in [4.78, 5) is 0. The van der Waals surface area contributed by atoms with Crippen molar-refractivity contribution in [2.75, 3.05) is 7.11 Å². The maximum absolute atomic E-state index is 5.53. The zero-order valence-electron chi connectivity index (χ0n) is 9.13. The van der Waals surface area contributed by atoms with Gasteiger partial charge in [0, 0.05) is 13.0 Å². The molecule has 0 aromatic heterocycles. The predicted octanol–water partition coefficient (Wildman–Crippen LogP) is 3.32. The molecule has 0 heterocycles. The van der Waals surface area contributed by atoms with Crippen molar-refractivity contribution in [3.8, 4) is 0 Å². The van der Waals surface area contributed by atoms with E-state index in [0.717, 1.165) is 6.42 Å². The summed E-state index contributed by atoms with van der Waals surface area (Å²) in [5, 5.41) is 0. The molecule has 13 heavy (non-hydrogen) atoms. The Hall–Kier alpha value is -0.560. The molecule has 2 atom stereocenters. The lowest BCUT2D eigenvalue weighted by Gasteiger charge is -2.29. The van der Waals surface area contributed by atoms with Crippen LogP contribution in [0.1, 0.15) is 33.6 Å². The molecular formula is C12H20O. The Morgan fingerprint density at radius 2 is 2.08 bits per heavy atom. The van der Waals surface area contributed by atoms with Crippen LogP contribution in [-0.2, 0) is 4.74 Å². The fourth-order valence-electron chi connectivity index (χ4n) is 1.91. The highest BCUT2D eigenvalue weighted by molar-refractivity contribution is 5.29. The minimum atomic E-state index is 0.310. The van der Waals surface area contributed by atoms with E-state index in [1.54, 1.807) is 0 Å². The highest BCUT2D eigenvalue weighted by atomic mass is 16.5. The number of allylic oxidation sites excluding steroid dienone is 2. The molecule has 0 radical (unpaired) electrons. The van der Waals surface area contributed by atoms with Crippen LogP contribution in [0.4, 0.5) is 0 Å². The van der Waals surface area contributed by atoms with Crippen LogP contribution in [-0.4, -0.2) is 13.2 Å². The van der Waals surface area contributed by atoms with Gasteiger partial charge in [0.15, 0.2) is 0 Å². The van der Waals surface area contributed by atoms with Crippen LogP contribution >= 0.6 is 0 Å². The molecule has 0 fully saturated rings. The monoisotopic (exact) mass is 180 g/mol. The molecule has 2 unspecified atom stereocenters. The first-order chi connectivity index (χ1) is 6.20. The molecule has 0 saturated heterocycles. The summed E-state index contributed by atoms with van der Waals surface area (Å²) >= 11 is 0. The van der Waals surface area contributed by atoms with Gasteiger partial charge in [-0.05, 0) is 18.9 Å². The van der Waals surface area contributed by atoms with Crippen LogP contribution in [0.15, 0.2) is 23.3 Å². The van der Waals surface area contributed by atoms with E-state index in [2.05, 4.69) is 32.9 Å². The van der Waals surface area contributed by atoms with Gasteiger partial charge >= 0.3 is 0 Å². The average Bonchev–Trinajstić information content (AvgIpc) is 2.12. The molecule has 74 valence electrons. The Bertz CT molecular complexity index is 225. The fourth-order valence-corrected chi connectivity index (χ4v) is 1.91. The molecule has 1 aliphatic carbocycles. The first-order valence-corrected chi connectivity index (χ1v) is 5.10. The second kappa shape index (κ2) is 4.61. The van der Waals surface area contributed by atoms with Crippen LogP contribution < -0.4 is 0 Å². The largest absolute Gasteiger partial charge is 0.376 e. The molecule has 0 bridgehead atoms. The van der Waals surface area contributed by atoms with Crippen molar-refractivity contribution in [2.45, 2.75) is 39.7 Å². The molecule has 0 saturated carbocycles. The van der Waals surface area contributed by atoms with Gasteiger partial charge in [-0.3, -0.25) is 0 Å². The van der Waals surface area contributed by atoms with Crippen molar-refractivity contribution in [1.82, 2.24) is 0 Å². The van der Waals surface area contributed by atoms with Crippen molar-refractivity contribution in [3.63, 3.8) is 0 Å². The van der Waals surface area contributed by atoms with Crippen molar-refractivity contribution in [3.05, 3.63) is 23.3 Å². The number of hydrogen-bond acceptors (Lipinski definition) is 1. The number of methoxy groups -OCH3 is 1. The summed E-state index contributed by atoms with van der Waals surface area (Å²) in [6.45, 7) is 6.63. The van der Waals surface area contributed by atoms with Gasteiger partial charge in [0.1, 0.15) is 0 Å². The van der Waals surface area contributed by atoms with Gasteiger partial charge in [0.05, 0.1) is 6.10 Å². The van der Waals surface area contributed by atoms with E-state index in [1.807, 2.05) is 7.11 Å². The maximum atomic E-state index is 5.53. The zero-order valence-corrected chi connectivity index (χ0v) is 9.13. The molecule has 0 aliphatic heterocycles. The molecule has 0 spiro atoms. The first-order valence-electron chi connectivity index (χ1n) is 5.10. The van der Waals surface area contributed by atoms with Gasteiger partial charge in [-0.1, -0.05) is 38.0 Å². The SMILES string of the molecule is CCCC1=CC=C(C)C(C)C1OC. The first kappa shape index (κ1) is 10.5. The number of hydrogen-bond donors (Lipinski definition) is 0. The van der Waals surface area contributed by atoms with Gasteiger partial charge in [0.25, 0.3) is 0 Å². The lowest BCUT2D eigenvalue weighted by atomic mass is 9.85. The van der Waals surface area contributed by atoms with E-state index < -0.39 is 0 Å². The van der Waals surface area contributed by atoms with Gasteiger partial charge in [0.2, 0.25) is 0 Å². The van der Waals surface area contributed by atoms with E-state index in [0.29, 0.717) is 12.0 Å². The number of ether oxygens (including phenoxy) is 1. The maximum Gasteiger partial charge on any atom is 0.0846 e. The van der Waals surface area contributed by atoms with Crippen LogP contribution in [0.3, 0.4) is 0 Å². The topological polar surface area (TPSA) is 9.23 Å². The Morgan fingerprint density at radius 1 is 1.38 bits per heavy atom. The molecule has 1 aliphatic rings. The van der Waals surface area contributed by atoms with Crippen molar-refractivity contribution >= 4 is 0 Å². The van der Waals surface area contributed by atoms with Crippen LogP contribution in [0.25, 0.3) is 0 Å². The molecule has 0 N–H and O–H groups in total. The normalized spacial score (nSPS) is 28.3. The van der Waals surface area contributed by atoms with Gasteiger partial charge in [-0.25, -0.2) is 0 Å². The molecule has 0 aromatic carbocycles. The minimum Gasteiger partial charge on any atom is -0.376 e. The Balaban J connectivity index is 2.80. The summed E-state index contributed by atoms with van der Waals surface area (Å²) < 4.78 is 5.53. The van der Waals surface area contributed by atoms with Crippen LogP contribution in [0, 0.1) is 5.92 Å². The van der Waals surface area contributed by atoms with E-state index in [9.17, 15) is 0 Å². The molecule has 1 heteroatoms. The van der Waals surface area contributed by atoms with Crippen molar-refractivity contribution in [2.24, 2.45) is 5.92 Å². The Morgan fingerprint density at radius 3 is 2.62 bits per heavy atom. The highest BCUT2D eigenvalue weighted by Gasteiger charge is 2.23. The van der Waals surface area contributed by atoms with E-state index in [1.165, 1.54) is 17.6 Å². The van der Waals surface area contributed by atoms with Gasteiger partial charge < -0.3 is 4.74 Å². The van der Waals surface area contributed by atoms with Crippen molar-refractivity contribution in [1.29, 1.82) is 0 Å². The standard InChI is InChI=1S/C12H20O/c1-5-6-11-8-7-9(2)10(3)12(11)13-4/h7-8,10,12H,5-6H2,1-4H3. The summed E-state index contributed by atoms with van der Waals surface area (Å²) in [6.07, 6.45) is 7.13. The van der Waals surface area contributed by atoms with Crippen LogP contribution in [0.5, 0.6) is 0 Å². The van der Waals surface area contributed by atoms with Gasteiger partial charge in [-0.2, -0.15) is 0 Å². The summed E-state index contributed by atoms with van der Waals surface area (Å²) in [7, 11) is 1.81. The molecule has 0 aromatic rings. The van der Waals surface area contributed by atoms with E-state index >= 15 is 0 Å². The summed E-state index contributed by atoms with van der Waals surface area (Å²) in [6, 6.07) is 0.